The standard InChI is InChI=1S/C14H20N4O2/c1-2-3-11(4-5-14(19)20)6-7-16-13-10-17-12(8-15)9-18-13/h9-11H,2-7H2,1H3,(H,16,18)(H,19,20). The van der Waals surface area contributed by atoms with Crippen molar-refractivity contribution in [1.82, 2.24) is 9.97 Å². The first-order valence-electron chi connectivity index (χ1n) is 6.83. The number of hydrogen-bond donors (Lipinski definition) is 2. The van der Waals surface area contributed by atoms with E-state index in [9.17, 15) is 4.79 Å². The molecule has 2 N–H and O–H groups in total. The van der Waals surface area contributed by atoms with Crippen molar-refractivity contribution >= 4 is 11.8 Å². The Hall–Kier alpha value is -2.16. The molecule has 1 rings (SSSR count). The second kappa shape index (κ2) is 8.86. The van der Waals surface area contributed by atoms with Crippen molar-refractivity contribution in [3.05, 3.63) is 18.1 Å². The molecule has 1 atom stereocenters. The molecule has 6 heteroatoms. The second-order valence-electron chi connectivity index (χ2n) is 4.70. The van der Waals surface area contributed by atoms with Gasteiger partial charge in [0.15, 0.2) is 5.69 Å². The van der Waals surface area contributed by atoms with Crippen molar-refractivity contribution in [3.8, 4) is 6.07 Å². The van der Waals surface area contributed by atoms with E-state index in [0.717, 1.165) is 25.8 Å². The Morgan fingerprint density at radius 3 is 2.75 bits per heavy atom. The molecule has 0 saturated heterocycles. The van der Waals surface area contributed by atoms with E-state index in [4.69, 9.17) is 10.4 Å². The molecule has 0 radical (unpaired) electrons. The number of aromatic nitrogens is 2. The molecule has 1 aromatic rings. The maximum absolute atomic E-state index is 10.6. The maximum Gasteiger partial charge on any atom is 0.303 e. The Balaban J connectivity index is 2.35. The highest BCUT2D eigenvalue weighted by atomic mass is 16.4. The molecule has 0 saturated carbocycles. The largest absolute Gasteiger partial charge is 0.481 e. The summed E-state index contributed by atoms with van der Waals surface area (Å²) in [6.07, 6.45) is 6.89. The molecule has 0 aliphatic rings. The summed E-state index contributed by atoms with van der Waals surface area (Å²) in [5.41, 5.74) is 0.292. The number of nitriles is 1. The molecule has 108 valence electrons. The first-order chi connectivity index (χ1) is 9.65. The van der Waals surface area contributed by atoms with Crippen LogP contribution in [0.1, 0.15) is 44.7 Å². The molecule has 20 heavy (non-hydrogen) atoms. The molecule has 0 aliphatic heterocycles. The van der Waals surface area contributed by atoms with Gasteiger partial charge in [-0.05, 0) is 18.8 Å². The summed E-state index contributed by atoms with van der Waals surface area (Å²) in [4.78, 5) is 18.6. The highest BCUT2D eigenvalue weighted by Gasteiger charge is 2.10. The zero-order valence-corrected chi connectivity index (χ0v) is 11.7. The summed E-state index contributed by atoms with van der Waals surface area (Å²) in [6.45, 7) is 2.83. The number of nitrogens with one attached hydrogen (secondary N) is 1. The van der Waals surface area contributed by atoms with Gasteiger partial charge < -0.3 is 10.4 Å². The van der Waals surface area contributed by atoms with Crippen LogP contribution in [0.25, 0.3) is 0 Å². The van der Waals surface area contributed by atoms with Gasteiger partial charge in [-0.1, -0.05) is 19.8 Å². The van der Waals surface area contributed by atoms with Gasteiger partial charge >= 0.3 is 5.97 Å². The predicted molar refractivity (Wildman–Crippen MR) is 75.1 cm³/mol. The minimum atomic E-state index is -0.739. The lowest BCUT2D eigenvalue weighted by atomic mass is 9.94. The zero-order chi connectivity index (χ0) is 14.8. The predicted octanol–water partition coefficient (Wildman–Crippen LogP) is 2.43. The van der Waals surface area contributed by atoms with Gasteiger partial charge in [0.05, 0.1) is 12.4 Å². The molecular weight excluding hydrogens is 256 g/mol. The Kier molecular flexibility index (Phi) is 7.04. The van der Waals surface area contributed by atoms with E-state index in [2.05, 4.69) is 22.2 Å². The Morgan fingerprint density at radius 2 is 2.20 bits per heavy atom. The number of carbonyl (C=O) groups is 1. The number of aliphatic carboxylic acids is 1. The summed E-state index contributed by atoms with van der Waals surface area (Å²) in [7, 11) is 0. The Labute approximate surface area is 118 Å². The van der Waals surface area contributed by atoms with E-state index >= 15 is 0 Å². The lowest BCUT2D eigenvalue weighted by Gasteiger charge is -2.15. The van der Waals surface area contributed by atoms with Crippen LogP contribution in [-0.4, -0.2) is 27.6 Å². The maximum atomic E-state index is 10.6. The topological polar surface area (TPSA) is 98.9 Å². The third-order valence-corrected chi connectivity index (χ3v) is 3.09. The highest BCUT2D eigenvalue weighted by molar-refractivity contribution is 5.66. The third-order valence-electron chi connectivity index (χ3n) is 3.09. The SMILES string of the molecule is CCCC(CCNc1cnc(C#N)cn1)CCC(=O)O. The first-order valence-corrected chi connectivity index (χ1v) is 6.83. The molecule has 0 aliphatic carbocycles. The van der Waals surface area contributed by atoms with E-state index in [1.54, 1.807) is 0 Å². The van der Waals surface area contributed by atoms with Crippen LogP contribution in [-0.2, 0) is 4.79 Å². The van der Waals surface area contributed by atoms with Crippen LogP contribution in [0.3, 0.4) is 0 Å². The van der Waals surface area contributed by atoms with Crippen molar-refractivity contribution in [3.63, 3.8) is 0 Å². The molecule has 1 heterocycles. The molecule has 0 amide bonds. The van der Waals surface area contributed by atoms with Crippen LogP contribution in [0.15, 0.2) is 12.4 Å². The van der Waals surface area contributed by atoms with Crippen LogP contribution in [0.4, 0.5) is 5.82 Å². The second-order valence-corrected chi connectivity index (χ2v) is 4.70. The minimum Gasteiger partial charge on any atom is -0.481 e. The van der Waals surface area contributed by atoms with Crippen molar-refractivity contribution in [2.24, 2.45) is 5.92 Å². The number of nitrogens with zero attached hydrogens (tertiary/aromatic N) is 3. The van der Waals surface area contributed by atoms with Gasteiger partial charge in [-0.15, -0.1) is 0 Å². The molecule has 6 nitrogen and oxygen atoms in total. The van der Waals surface area contributed by atoms with Gasteiger partial charge in [0, 0.05) is 13.0 Å². The van der Waals surface area contributed by atoms with E-state index in [-0.39, 0.29) is 6.42 Å². The van der Waals surface area contributed by atoms with Crippen molar-refractivity contribution < 1.29 is 9.90 Å². The smallest absolute Gasteiger partial charge is 0.303 e. The van der Waals surface area contributed by atoms with Crippen LogP contribution < -0.4 is 5.32 Å². The summed E-state index contributed by atoms with van der Waals surface area (Å²) in [6, 6.07) is 1.92. The molecule has 1 unspecified atom stereocenters. The minimum absolute atomic E-state index is 0.224. The summed E-state index contributed by atoms with van der Waals surface area (Å²) < 4.78 is 0. The number of anilines is 1. The van der Waals surface area contributed by atoms with E-state index in [1.165, 1.54) is 12.4 Å². The monoisotopic (exact) mass is 276 g/mol. The van der Waals surface area contributed by atoms with E-state index in [0.29, 0.717) is 23.9 Å². The molecule has 0 fully saturated rings. The Bertz CT molecular complexity index is 453. The van der Waals surface area contributed by atoms with Gasteiger partial charge in [0.1, 0.15) is 11.9 Å². The van der Waals surface area contributed by atoms with E-state index in [1.807, 2.05) is 6.07 Å². The number of carboxylic acid groups (broad SMARTS) is 1. The van der Waals surface area contributed by atoms with Crippen molar-refractivity contribution in [2.45, 2.75) is 39.0 Å². The fraction of sp³-hybridized carbons (Fsp3) is 0.571. The lowest BCUT2D eigenvalue weighted by Crippen LogP contribution is -2.11. The number of rotatable bonds is 9. The first kappa shape index (κ1) is 15.9. The average Bonchev–Trinajstić information content (AvgIpc) is 2.45. The number of hydrogen-bond acceptors (Lipinski definition) is 5. The molecule has 0 aromatic carbocycles. The quantitative estimate of drug-likeness (QED) is 0.718. The van der Waals surface area contributed by atoms with Gasteiger partial charge in [-0.3, -0.25) is 4.79 Å². The fourth-order valence-corrected chi connectivity index (χ4v) is 2.05. The van der Waals surface area contributed by atoms with Crippen LogP contribution in [0.5, 0.6) is 0 Å². The van der Waals surface area contributed by atoms with Gasteiger partial charge in [0.25, 0.3) is 0 Å². The fourth-order valence-electron chi connectivity index (χ4n) is 2.05. The third kappa shape index (κ3) is 6.14. The Morgan fingerprint density at radius 1 is 1.40 bits per heavy atom. The van der Waals surface area contributed by atoms with E-state index < -0.39 is 5.97 Å². The van der Waals surface area contributed by atoms with Crippen LogP contribution in [0, 0.1) is 17.2 Å². The summed E-state index contributed by atoms with van der Waals surface area (Å²) in [5, 5.41) is 20.5. The van der Waals surface area contributed by atoms with Gasteiger partial charge in [0.2, 0.25) is 0 Å². The van der Waals surface area contributed by atoms with Crippen LogP contribution in [0.2, 0.25) is 0 Å². The molecule has 0 spiro atoms. The lowest BCUT2D eigenvalue weighted by molar-refractivity contribution is -0.137. The van der Waals surface area contributed by atoms with Crippen LogP contribution >= 0.6 is 0 Å². The average molecular weight is 276 g/mol. The normalized spacial score (nSPS) is 11.6. The summed E-state index contributed by atoms with van der Waals surface area (Å²) in [5.74, 6) is 0.310. The molecular formula is C14H20N4O2. The van der Waals surface area contributed by atoms with Crippen molar-refractivity contribution in [1.29, 1.82) is 5.26 Å². The highest BCUT2D eigenvalue weighted by Crippen LogP contribution is 2.17. The molecule has 1 aromatic heterocycles. The van der Waals surface area contributed by atoms with Crippen molar-refractivity contribution in [2.75, 3.05) is 11.9 Å². The van der Waals surface area contributed by atoms with Gasteiger partial charge in [-0.2, -0.15) is 5.26 Å². The zero-order valence-electron chi connectivity index (χ0n) is 11.7. The van der Waals surface area contributed by atoms with Gasteiger partial charge in [-0.25, -0.2) is 9.97 Å². The molecule has 0 bridgehead atoms. The number of carboxylic acids is 1. The summed E-state index contributed by atoms with van der Waals surface area (Å²) >= 11 is 0.